The van der Waals surface area contributed by atoms with Gasteiger partial charge < -0.3 is 14.1 Å². The van der Waals surface area contributed by atoms with Crippen LogP contribution in [0.4, 0.5) is 8.78 Å². The number of rotatable bonds is 4. The third-order valence-electron chi connectivity index (χ3n) is 2.78. The Kier molecular flexibility index (Phi) is 5.78. The van der Waals surface area contributed by atoms with Gasteiger partial charge >= 0.3 is 6.61 Å². The normalized spacial score (nSPS) is 10.2. The second-order valence-electron chi connectivity index (χ2n) is 4.26. The molecule has 0 bridgehead atoms. The molecule has 0 saturated heterocycles. The molecular weight excluding hydrogens is 320 g/mol. The van der Waals surface area contributed by atoms with Crippen molar-refractivity contribution < 1.29 is 17.9 Å². The molecule has 0 radical (unpaired) electrons. The summed E-state index contributed by atoms with van der Waals surface area (Å²) in [5.41, 5.74) is 0.888. The lowest BCUT2D eigenvalue weighted by molar-refractivity contribution is -0.0498. The summed E-state index contributed by atoms with van der Waals surface area (Å²) < 4.78 is 33.9. The predicted molar refractivity (Wildman–Crippen MR) is 83.8 cm³/mol. The summed E-state index contributed by atoms with van der Waals surface area (Å²) in [5, 5.41) is 7.75. The Morgan fingerprint density at radius 1 is 1.00 bits per heavy atom. The molecule has 24 heavy (non-hydrogen) atoms. The van der Waals surface area contributed by atoms with Crippen LogP contribution in [0.2, 0.25) is 0 Å². The van der Waals surface area contributed by atoms with Gasteiger partial charge in [-0.2, -0.15) is 8.78 Å². The Hall–Kier alpha value is -3.03. The van der Waals surface area contributed by atoms with Crippen LogP contribution in [-0.4, -0.2) is 21.8 Å². The number of H-pyrrole nitrogens is 1. The van der Waals surface area contributed by atoms with Crippen LogP contribution in [0.25, 0.3) is 22.9 Å². The molecule has 126 valence electrons. The van der Waals surface area contributed by atoms with E-state index in [1.807, 2.05) is 13.8 Å². The van der Waals surface area contributed by atoms with E-state index >= 15 is 0 Å². The number of pyridine rings is 1. The van der Waals surface area contributed by atoms with E-state index in [2.05, 4.69) is 19.9 Å². The monoisotopic (exact) mass is 335 g/mol. The van der Waals surface area contributed by atoms with E-state index in [1.54, 1.807) is 6.07 Å². The third-order valence-corrected chi connectivity index (χ3v) is 2.78. The van der Waals surface area contributed by atoms with Gasteiger partial charge in [0, 0.05) is 17.8 Å². The first-order chi connectivity index (χ1) is 11.6. The molecule has 0 atom stereocenters. The van der Waals surface area contributed by atoms with Crippen molar-refractivity contribution in [3.63, 3.8) is 0 Å². The van der Waals surface area contributed by atoms with Crippen LogP contribution in [0.3, 0.4) is 0 Å². The summed E-state index contributed by atoms with van der Waals surface area (Å²) in [6, 6.07) is 8.71. The third kappa shape index (κ3) is 4.25. The number of hydrogen-bond acceptors (Lipinski definition) is 5. The molecule has 3 aromatic rings. The number of aromatic amines is 1. The summed E-state index contributed by atoms with van der Waals surface area (Å²) in [5.74, 6) is 0.503. The molecule has 1 aromatic carbocycles. The van der Waals surface area contributed by atoms with E-state index in [0.29, 0.717) is 11.1 Å². The topological polar surface area (TPSA) is 81.0 Å². The van der Waals surface area contributed by atoms with E-state index < -0.39 is 6.61 Å². The van der Waals surface area contributed by atoms with E-state index in [4.69, 9.17) is 4.42 Å². The highest BCUT2D eigenvalue weighted by atomic mass is 19.3. The summed E-state index contributed by atoms with van der Waals surface area (Å²) in [4.78, 5) is 13.5. The van der Waals surface area contributed by atoms with Crippen LogP contribution in [0.15, 0.2) is 51.8 Å². The van der Waals surface area contributed by atoms with Crippen molar-refractivity contribution >= 4 is 0 Å². The molecule has 2 heterocycles. The average Bonchev–Trinajstić information content (AvgIpc) is 3.07. The molecule has 0 unspecified atom stereocenters. The van der Waals surface area contributed by atoms with Crippen LogP contribution in [0.1, 0.15) is 13.8 Å². The fraction of sp³-hybridized carbons (Fsp3) is 0.188. The highest BCUT2D eigenvalue weighted by Crippen LogP contribution is 2.25. The maximum absolute atomic E-state index is 12.1. The summed E-state index contributed by atoms with van der Waals surface area (Å²) in [7, 11) is 0. The van der Waals surface area contributed by atoms with Gasteiger partial charge in [0.15, 0.2) is 0 Å². The minimum Gasteiger partial charge on any atom is -0.435 e. The van der Waals surface area contributed by atoms with Gasteiger partial charge in [0.2, 0.25) is 17.3 Å². The minimum atomic E-state index is -2.87. The van der Waals surface area contributed by atoms with Crippen LogP contribution in [-0.2, 0) is 0 Å². The summed E-state index contributed by atoms with van der Waals surface area (Å²) in [6.07, 6.45) is 1.46. The fourth-order valence-corrected chi connectivity index (χ4v) is 1.78. The van der Waals surface area contributed by atoms with Crippen molar-refractivity contribution in [1.82, 2.24) is 15.2 Å². The van der Waals surface area contributed by atoms with Crippen molar-refractivity contribution in [2.45, 2.75) is 20.5 Å². The first kappa shape index (κ1) is 17.3. The van der Waals surface area contributed by atoms with Crippen molar-refractivity contribution in [3.8, 4) is 28.7 Å². The molecule has 0 saturated carbocycles. The van der Waals surface area contributed by atoms with E-state index in [1.165, 1.54) is 36.5 Å². The van der Waals surface area contributed by atoms with E-state index in [-0.39, 0.29) is 23.1 Å². The molecule has 1 N–H and O–H groups in total. The average molecular weight is 335 g/mol. The lowest BCUT2D eigenvalue weighted by Gasteiger charge is -2.03. The Morgan fingerprint density at radius 2 is 1.58 bits per heavy atom. The first-order valence-corrected chi connectivity index (χ1v) is 7.20. The van der Waals surface area contributed by atoms with Gasteiger partial charge in [-0.15, -0.1) is 10.2 Å². The summed E-state index contributed by atoms with van der Waals surface area (Å²) in [6.45, 7) is 1.13. The lowest BCUT2D eigenvalue weighted by atomic mass is 10.2. The molecule has 8 heteroatoms. The fourth-order valence-electron chi connectivity index (χ4n) is 1.78. The zero-order chi connectivity index (χ0) is 17.5. The van der Waals surface area contributed by atoms with Gasteiger partial charge in [0.05, 0.1) is 5.56 Å². The second-order valence-corrected chi connectivity index (χ2v) is 4.26. The van der Waals surface area contributed by atoms with Gasteiger partial charge in [-0.1, -0.05) is 13.8 Å². The van der Waals surface area contributed by atoms with Crippen molar-refractivity contribution in [2.75, 3.05) is 0 Å². The van der Waals surface area contributed by atoms with Crippen LogP contribution in [0, 0.1) is 0 Å². The first-order valence-electron chi connectivity index (χ1n) is 7.20. The molecule has 0 aliphatic carbocycles. The maximum atomic E-state index is 12.1. The summed E-state index contributed by atoms with van der Waals surface area (Å²) >= 11 is 0. The lowest BCUT2D eigenvalue weighted by Crippen LogP contribution is -2.01. The van der Waals surface area contributed by atoms with Crippen LogP contribution < -0.4 is 10.3 Å². The van der Waals surface area contributed by atoms with Gasteiger partial charge in [0.25, 0.3) is 0 Å². The molecule has 0 amide bonds. The molecular formula is C16H15F2N3O3. The van der Waals surface area contributed by atoms with Crippen LogP contribution in [0.5, 0.6) is 5.75 Å². The van der Waals surface area contributed by atoms with Crippen molar-refractivity contribution in [1.29, 1.82) is 0 Å². The number of hydrogen-bond donors (Lipinski definition) is 1. The van der Waals surface area contributed by atoms with Gasteiger partial charge in [-0.25, -0.2) is 0 Å². The number of nitrogens with one attached hydrogen (secondary N) is 1. The Bertz CT molecular complexity index is 809. The Labute approximate surface area is 136 Å². The SMILES string of the molecule is CC.O=c1ccc(-c2nnc(-c3ccc(OC(F)F)cc3)o2)c[nH]1. The van der Waals surface area contributed by atoms with Gasteiger partial charge in [-0.05, 0) is 30.3 Å². The Balaban J connectivity index is 0.00000100. The highest BCUT2D eigenvalue weighted by molar-refractivity contribution is 5.57. The van der Waals surface area contributed by atoms with E-state index in [0.717, 1.165) is 0 Å². The van der Waals surface area contributed by atoms with Gasteiger partial charge in [-0.3, -0.25) is 4.79 Å². The predicted octanol–water partition coefficient (Wildman–Crippen LogP) is 3.72. The number of alkyl halides is 2. The van der Waals surface area contributed by atoms with Crippen molar-refractivity contribution in [3.05, 3.63) is 52.9 Å². The molecule has 3 rings (SSSR count). The van der Waals surface area contributed by atoms with Crippen LogP contribution >= 0.6 is 0 Å². The number of halogens is 2. The molecule has 0 aliphatic heterocycles. The number of benzene rings is 1. The quantitative estimate of drug-likeness (QED) is 0.786. The zero-order valence-electron chi connectivity index (χ0n) is 13.0. The molecule has 0 aliphatic rings. The largest absolute Gasteiger partial charge is 0.435 e. The molecule has 0 fully saturated rings. The molecule has 2 aromatic heterocycles. The van der Waals surface area contributed by atoms with E-state index in [9.17, 15) is 13.6 Å². The maximum Gasteiger partial charge on any atom is 0.387 e. The number of ether oxygens (including phenoxy) is 1. The smallest absolute Gasteiger partial charge is 0.387 e. The number of aromatic nitrogens is 3. The highest BCUT2D eigenvalue weighted by Gasteiger charge is 2.11. The second kappa shape index (κ2) is 8.00. The Morgan fingerprint density at radius 3 is 2.12 bits per heavy atom. The zero-order valence-corrected chi connectivity index (χ0v) is 13.0. The number of nitrogens with zero attached hydrogens (tertiary/aromatic N) is 2. The molecule has 0 spiro atoms. The van der Waals surface area contributed by atoms with Crippen molar-refractivity contribution in [2.24, 2.45) is 0 Å². The van der Waals surface area contributed by atoms with Gasteiger partial charge in [0.1, 0.15) is 5.75 Å². The minimum absolute atomic E-state index is 0.0409. The molecule has 6 nitrogen and oxygen atoms in total. The standard InChI is InChI=1S/C14H9F2N3O3.C2H6/c15-14(16)21-10-4-1-8(2-5-10)12-18-19-13(22-12)9-3-6-11(20)17-7-9;1-2/h1-7,14H,(H,17,20);1-2H3.